The van der Waals surface area contributed by atoms with Crippen LogP contribution in [0.15, 0.2) is 54.5 Å². The molecule has 0 bridgehead atoms. The zero-order valence-corrected chi connectivity index (χ0v) is 15.4. The predicted molar refractivity (Wildman–Crippen MR) is 103 cm³/mol. The maximum absolute atomic E-state index is 9.66. The van der Waals surface area contributed by atoms with Gasteiger partial charge in [-0.3, -0.25) is 0 Å². The van der Waals surface area contributed by atoms with Crippen molar-refractivity contribution in [3.05, 3.63) is 71.2 Å². The number of aryl methyl sites for hydroxylation is 1. The van der Waals surface area contributed by atoms with Crippen LogP contribution >= 0.6 is 0 Å². The summed E-state index contributed by atoms with van der Waals surface area (Å²) in [6, 6.07) is 4.41. The molecule has 1 saturated carbocycles. The van der Waals surface area contributed by atoms with Crippen molar-refractivity contribution in [2.45, 2.75) is 33.1 Å². The number of methoxy groups -OCH3 is 1. The Morgan fingerprint density at radius 3 is 2.60 bits per heavy atom. The minimum atomic E-state index is 0.0313. The molecule has 3 heteroatoms. The summed E-state index contributed by atoms with van der Waals surface area (Å²) in [6.45, 7) is 12.1. The molecule has 1 heterocycles. The largest absolute Gasteiger partial charge is 0.508 e. The Kier molecular flexibility index (Phi) is 4.76. The molecule has 2 atom stereocenters. The maximum atomic E-state index is 9.66. The van der Waals surface area contributed by atoms with E-state index < -0.39 is 0 Å². The van der Waals surface area contributed by atoms with Crippen LogP contribution in [0.3, 0.4) is 0 Å². The summed E-state index contributed by atoms with van der Waals surface area (Å²) in [5, 5.41) is 13.0. The van der Waals surface area contributed by atoms with E-state index in [1.54, 1.807) is 13.3 Å². The van der Waals surface area contributed by atoms with Gasteiger partial charge in [0.1, 0.15) is 11.5 Å². The number of allylic oxidation sites excluding steroid dienone is 2. The highest BCUT2D eigenvalue weighted by Crippen LogP contribution is 2.42. The molecular weight excluding hydrogens is 310 g/mol. The summed E-state index contributed by atoms with van der Waals surface area (Å²) in [5.74, 6) is 2.55. The van der Waals surface area contributed by atoms with Crippen molar-refractivity contribution in [2.75, 3.05) is 7.11 Å². The Morgan fingerprint density at radius 2 is 2.08 bits per heavy atom. The van der Waals surface area contributed by atoms with E-state index in [1.165, 1.54) is 23.1 Å². The van der Waals surface area contributed by atoms with Gasteiger partial charge >= 0.3 is 0 Å². The van der Waals surface area contributed by atoms with Gasteiger partial charge in [0.15, 0.2) is 0 Å². The zero-order valence-electron chi connectivity index (χ0n) is 15.4. The second kappa shape index (κ2) is 6.83. The van der Waals surface area contributed by atoms with Crippen LogP contribution in [0.1, 0.15) is 37.0 Å². The van der Waals surface area contributed by atoms with E-state index in [1.807, 2.05) is 6.08 Å². The molecule has 1 fully saturated rings. The molecule has 0 radical (unpaired) electrons. The summed E-state index contributed by atoms with van der Waals surface area (Å²) in [5.41, 5.74) is 6.10. The third-order valence-corrected chi connectivity index (χ3v) is 5.28. The van der Waals surface area contributed by atoms with Crippen molar-refractivity contribution in [3.63, 3.8) is 0 Å². The second-order valence-electron chi connectivity index (χ2n) is 7.08. The molecule has 0 saturated heterocycles. The predicted octanol–water partition coefficient (Wildman–Crippen LogP) is 4.91. The summed E-state index contributed by atoms with van der Waals surface area (Å²) in [6.07, 6.45) is 7.03. The molecule has 3 rings (SSSR count). The number of hydrogen-bond donors (Lipinski definition) is 2. The average molecular weight is 337 g/mol. The molecule has 132 valence electrons. The fraction of sp³-hybridized carbons (Fsp3) is 0.364. The standard InChI is InChI=1S/C22H27NO2/c1-6-16-10-19(21-8-14(3)20(12-23-21)15(4)24)18(11-22(16)25-5)9-17-7-13(17)2/h8,10-13,17,23-24H,3-4,6-7,9H2,1-2,5H3. The summed E-state index contributed by atoms with van der Waals surface area (Å²) in [4.78, 5) is 0. The first-order chi connectivity index (χ1) is 11.9. The van der Waals surface area contributed by atoms with Gasteiger partial charge in [0.25, 0.3) is 0 Å². The highest BCUT2D eigenvalue weighted by atomic mass is 16.5. The lowest BCUT2D eigenvalue weighted by atomic mass is 9.92. The highest BCUT2D eigenvalue weighted by Gasteiger charge is 2.33. The highest BCUT2D eigenvalue weighted by molar-refractivity contribution is 5.75. The summed E-state index contributed by atoms with van der Waals surface area (Å²) in [7, 11) is 1.74. The number of ether oxygens (including phenoxy) is 1. The van der Waals surface area contributed by atoms with Crippen molar-refractivity contribution >= 4 is 5.70 Å². The quantitative estimate of drug-likeness (QED) is 0.725. The molecule has 3 nitrogen and oxygen atoms in total. The molecule has 2 N–H and O–H groups in total. The molecule has 0 amide bonds. The van der Waals surface area contributed by atoms with Crippen molar-refractivity contribution in [2.24, 2.45) is 11.8 Å². The first-order valence-electron chi connectivity index (χ1n) is 8.90. The summed E-state index contributed by atoms with van der Waals surface area (Å²) >= 11 is 0. The van der Waals surface area contributed by atoms with E-state index in [4.69, 9.17) is 4.74 Å². The fourth-order valence-electron chi connectivity index (χ4n) is 3.48. The first kappa shape index (κ1) is 17.4. The van der Waals surface area contributed by atoms with Gasteiger partial charge in [0.2, 0.25) is 0 Å². The molecule has 2 aliphatic rings. The number of benzene rings is 1. The second-order valence-corrected chi connectivity index (χ2v) is 7.08. The van der Waals surface area contributed by atoms with Crippen LogP contribution in [0.5, 0.6) is 5.75 Å². The smallest absolute Gasteiger partial charge is 0.122 e. The van der Waals surface area contributed by atoms with Gasteiger partial charge in [0, 0.05) is 23.0 Å². The first-order valence-corrected chi connectivity index (χ1v) is 8.90. The monoisotopic (exact) mass is 337 g/mol. The zero-order chi connectivity index (χ0) is 18.1. The van der Waals surface area contributed by atoms with Crippen LogP contribution < -0.4 is 10.1 Å². The Morgan fingerprint density at radius 1 is 1.36 bits per heavy atom. The van der Waals surface area contributed by atoms with E-state index in [0.717, 1.165) is 41.7 Å². The molecule has 1 aliphatic carbocycles. The molecule has 1 aromatic carbocycles. The number of dihydropyridines is 1. The van der Waals surface area contributed by atoms with E-state index in [2.05, 4.69) is 44.5 Å². The van der Waals surface area contributed by atoms with Crippen LogP contribution in [0.2, 0.25) is 0 Å². The lowest BCUT2D eigenvalue weighted by Crippen LogP contribution is -2.14. The Bertz CT molecular complexity index is 785. The van der Waals surface area contributed by atoms with Crippen molar-refractivity contribution in [1.29, 1.82) is 0 Å². The maximum Gasteiger partial charge on any atom is 0.122 e. The van der Waals surface area contributed by atoms with E-state index in [-0.39, 0.29) is 5.76 Å². The molecule has 25 heavy (non-hydrogen) atoms. The van der Waals surface area contributed by atoms with Crippen molar-refractivity contribution < 1.29 is 9.84 Å². The Labute approximate surface area is 150 Å². The van der Waals surface area contributed by atoms with Crippen LogP contribution in [0.4, 0.5) is 0 Å². The minimum absolute atomic E-state index is 0.0313. The SMILES string of the molecule is C=C(O)C1=CNC(c2cc(CC)c(OC)cc2CC2CC2C)=CC1=C. The number of hydrogen-bond acceptors (Lipinski definition) is 3. The van der Waals surface area contributed by atoms with Crippen molar-refractivity contribution in [1.82, 2.24) is 5.32 Å². The van der Waals surface area contributed by atoms with E-state index in [9.17, 15) is 5.11 Å². The summed E-state index contributed by atoms with van der Waals surface area (Å²) < 4.78 is 5.60. The molecule has 0 aromatic heterocycles. The molecule has 0 spiro atoms. The Hall–Kier alpha value is -2.42. The van der Waals surface area contributed by atoms with Gasteiger partial charge in [-0.05, 0) is 66.0 Å². The third-order valence-electron chi connectivity index (χ3n) is 5.28. The number of aliphatic hydroxyl groups excluding tert-OH is 1. The van der Waals surface area contributed by atoms with Crippen LogP contribution in [0, 0.1) is 11.8 Å². The number of aliphatic hydroxyl groups is 1. The topological polar surface area (TPSA) is 41.5 Å². The molecule has 1 aliphatic heterocycles. The van der Waals surface area contributed by atoms with Crippen LogP contribution in [-0.2, 0) is 12.8 Å². The molecule has 2 unspecified atom stereocenters. The fourth-order valence-corrected chi connectivity index (χ4v) is 3.48. The van der Waals surface area contributed by atoms with Gasteiger partial charge in [-0.2, -0.15) is 0 Å². The average Bonchev–Trinajstić information content (AvgIpc) is 3.28. The number of nitrogens with one attached hydrogen (secondary N) is 1. The van der Waals surface area contributed by atoms with Gasteiger partial charge in [-0.25, -0.2) is 0 Å². The van der Waals surface area contributed by atoms with Crippen LogP contribution in [0.25, 0.3) is 5.70 Å². The normalized spacial score (nSPS) is 22.0. The van der Waals surface area contributed by atoms with Gasteiger partial charge < -0.3 is 15.2 Å². The van der Waals surface area contributed by atoms with Gasteiger partial charge in [0.05, 0.1) is 7.11 Å². The lowest BCUT2D eigenvalue weighted by Gasteiger charge is -2.21. The van der Waals surface area contributed by atoms with E-state index in [0.29, 0.717) is 5.57 Å². The molecular formula is C22H27NO2. The third kappa shape index (κ3) is 3.51. The Balaban J connectivity index is 2.00. The number of rotatable bonds is 6. The molecule has 1 aromatic rings. The van der Waals surface area contributed by atoms with Crippen molar-refractivity contribution in [3.8, 4) is 5.75 Å². The van der Waals surface area contributed by atoms with Gasteiger partial charge in [-0.1, -0.05) is 27.0 Å². The van der Waals surface area contributed by atoms with E-state index >= 15 is 0 Å². The van der Waals surface area contributed by atoms with Gasteiger partial charge in [-0.15, -0.1) is 0 Å². The lowest BCUT2D eigenvalue weighted by molar-refractivity contribution is 0.409. The van der Waals surface area contributed by atoms with Crippen LogP contribution in [-0.4, -0.2) is 12.2 Å². The minimum Gasteiger partial charge on any atom is -0.508 e.